The Kier molecular flexibility index (Phi) is 4.90. The second-order valence-electron chi connectivity index (χ2n) is 7.31. The molecule has 106 valence electrons. The predicted molar refractivity (Wildman–Crippen MR) is 78.5 cm³/mol. The summed E-state index contributed by atoms with van der Waals surface area (Å²) in [6, 6.07) is 0. The summed E-state index contributed by atoms with van der Waals surface area (Å²) >= 11 is 0. The summed E-state index contributed by atoms with van der Waals surface area (Å²) in [5, 5.41) is 0. The van der Waals surface area contributed by atoms with Crippen LogP contribution in [0.3, 0.4) is 0 Å². The zero-order chi connectivity index (χ0) is 13.2. The molecule has 2 saturated carbocycles. The third-order valence-electron chi connectivity index (χ3n) is 4.87. The summed E-state index contributed by atoms with van der Waals surface area (Å²) in [6.45, 7) is 8.00. The van der Waals surface area contributed by atoms with Crippen molar-refractivity contribution in [2.75, 3.05) is 13.9 Å². The molecule has 18 heavy (non-hydrogen) atoms. The van der Waals surface area contributed by atoms with Crippen molar-refractivity contribution in [2.24, 2.45) is 11.8 Å². The fourth-order valence-corrected chi connectivity index (χ4v) is 6.25. The number of ether oxygens (including phenoxy) is 2. The second kappa shape index (κ2) is 6.06. The average molecular weight is 270 g/mol. The number of hydrogen-bond donors (Lipinski definition) is 0. The smallest absolute Gasteiger partial charge is 0.146 e. The van der Waals surface area contributed by atoms with Crippen LogP contribution in [0.5, 0.6) is 0 Å². The number of hydrogen-bond acceptors (Lipinski definition) is 2. The van der Waals surface area contributed by atoms with E-state index < -0.39 is 8.07 Å². The Balaban J connectivity index is 1.93. The van der Waals surface area contributed by atoms with Gasteiger partial charge < -0.3 is 9.47 Å². The minimum Gasteiger partial charge on any atom is -0.359 e. The quantitative estimate of drug-likeness (QED) is 0.529. The highest BCUT2D eigenvalue weighted by molar-refractivity contribution is 6.78. The van der Waals surface area contributed by atoms with Crippen molar-refractivity contribution in [3.05, 3.63) is 0 Å². The lowest BCUT2D eigenvalue weighted by atomic mass is 9.83. The Hall–Kier alpha value is 0.137. The van der Waals surface area contributed by atoms with Crippen LogP contribution < -0.4 is 0 Å². The van der Waals surface area contributed by atoms with Crippen molar-refractivity contribution in [1.82, 2.24) is 0 Å². The molecule has 1 unspecified atom stereocenters. The molecule has 0 saturated heterocycles. The topological polar surface area (TPSA) is 18.5 Å². The van der Waals surface area contributed by atoms with Gasteiger partial charge in [-0.2, -0.15) is 0 Å². The third kappa shape index (κ3) is 3.58. The molecule has 0 radical (unpaired) electrons. The molecule has 0 amide bonds. The Morgan fingerprint density at radius 2 is 1.78 bits per heavy atom. The monoisotopic (exact) mass is 270 g/mol. The molecule has 0 spiro atoms. The van der Waals surface area contributed by atoms with Gasteiger partial charge in [-0.1, -0.05) is 38.9 Å². The molecule has 0 aliphatic heterocycles. The Morgan fingerprint density at radius 3 is 2.28 bits per heavy atom. The average Bonchev–Trinajstić information content (AvgIpc) is 3.11. The van der Waals surface area contributed by atoms with Crippen LogP contribution in [0.15, 0.2) is 0 Å². The molecule has 2 aliphatic rings. The SMILES string of the molecule is COCO[C@H](C1CCCCC1)[C@@H]1CC1[Si](C)(C)C. The Morgan fingerprint density at radius 1 is 1.11 bits per heavy atom. The fourth-order valence-electron chi connectivity index (χ4n) is 3.79. The maximum atomic E-state index is 6.08. The molecule has 2 nitrogen and oxygen atoms in total. The zero-order valence-electron chi connectivity index (χ0n) is 12.6. The first-order valence-corrected chi connectivity index (χ1v) is 11.2. The summed E-state index contributed by atoms with van der Waals surface area (Å²) in [5.74, 6) is 1.65. The fraction of sp³-hybridized carbons (Fsp3) is 1.00. The van der Waals surface area contributed by atoms with Crippen molar-refractivity contribution in [3.63, 3.8) is 0 Å². The van der Waals surface area contributed by atoms with Gasteiger partial charge >= 0.3 is 0 Å². The normalized spacial score (nSPS) is 31.3. The van der Waals surface area contributed by atoms with E-state index in [0.717, 1.165) is 17.4 Å². The summed E-state index contributed by atoms with van der Waals surface area (Å²) in [4.78, 5) is 0. The molecule has 3 atom stereocenters. The van der Waals surface area contributed by atoms with E-state index in [1.165, 1.54) is 38.5 Å². The van der Waals surface area contributed by atoms with Gasteiger partial charge in [0.1, 0.15) is 6.79 Å². The van der Waals surface area contributed by atoms with Gasteiger partial charge in [0.25, 0.3) is 0 Å². The predicted octanol–water partition coefficient (Wildman–Crippen LogP) is 4.28. The molecule has 0 aromatic carbocycles. The van der Waals surface area contributed by atoms with Gasteiger partial charge in [-0.15, -0.1) is 0 Å². The number of rotatable bonds is 6. The summed E-state index contributed by atoms with van der Waals surface area (Å²) in [5.41, 5.74) is 0.987. The lowest BCUT2D eigenvalue weighted by molar-refractivity contribution is -0.104. The first-order chi connectivity index (χ1) is 8.54. The maximum absolute atomic E-state index is 6.08. The summed E-state index contributed by atoms with van der Waals surface area (Å²) in [7, 11) is 0.764. The van der Waals surface area contributed by atoms with E-state index in [1.807, 2.05) is 0 Å². The Bertz CT molecular complexity index is 256. The second-order valence-corrected chi connectivity index (χ2v) is 12.8. The van der Waals surface area contributed by atoms with Crippen LogP contribution in [0, 0.1) is 11.8 Å². The van der Waals surface area contributed by atoms with Gasteiger partial charge in [-0.3, -0.25) is 0 Å². The largest absolute Gasteiger partial charge is 0.359 e. The molecular formula is C15H30O2Si. The minimum absolute atomic E-state index is 0.482. The van der Waals surface area contributed by atoms with E-state index in [4.69, 9.17) is 9.47 Å². The highest BCUT2D eigenvalue weighted by Crippen LogP contribution is 2.56. The standard InChI is InChI=1S/C15H30O2Si/c1-16-11-17-15(12-8-6-5-7-9-12)13-10-14(13)18(2,3)4/h12-15H,5-11H2,1-4H3/t13-,14?,15-/m1/s1. The number of methoxy groups -OCH3 is 1. The molecule has 0 heterocycles. The van der Waals surface area contributed by atoms with Crippen molar-refractivity contribution < 1.29 is 9.47 Å². The Labute approximate surface area is 113 Å². The molecule has 2 fully saturated rings. The van der Waals surface area contributed by atoms with Crippen LogP contribution >= 0.6 is 0 Å². The van der Waals surface area contributed by atoms with E-state index in [1.54, 1.807) is 7.11 Å². The molecule has 3 heteroatoms. The highest BCUT2D eigenvalue weighted by Gasteiger charge is 2.52. The van der Waals surface area contributed by atoms with Crippen molar-refractivity contribution >= 4 is 8.07 Å². The molecule has 0 N–H and O–H groups in total. The van der Waals surface area contributed by atoms with Gasteiger partial charge in [0.15, 0.2) is 0 Å². The lowest BCUT2D eigenvalue weighted by Crippen LogP contribution is -2.32. The summed E-state index contributed by atoms with van der Waals surface area (Å²) in [6.07, 6.45) is 8.90. The first-order valence-electron chi connectivity index (χ1n) is 7.64. The van der Waals surface area contributed by atoms with Crippen molar-refractivity contribution in [2.45, 2.75) is 69.8 Å². The third-order valence-corrected chi connectivity index (χ3v) is 7.76. The highest BCUT2D eigenvalue weighted by atomic mass is 28.3. The molecule has 0 aromatic heterocycles. The van der Waals surface area contributed by atoms with Gasteiger partial charge in [0, 0.05) is 15.2 Å². The van der Waals surface area contributed by atoms with Crippen molar-refractivity contribution in [1.29, 1.82) is 0 Å². The molecule has 2 rings (SSSR count). The molecule has 2 aliphatic carbocycles. The summed E-state index contributed by atoms with van der Waals surface area (Å²) < 4.78 is 11.2. The van der Waals surface area contributed by atoms with Crippen LogP contribution in [0.2, 0.25) is 25.2 Å². The van der Waals surface area contributed by atoms with Crippen LogP contribution in [-0.2, 0) is 9.47 Å². The van der Waals surface area contributed by atoms with Crippen molar-refractivity contribution in [3.8, 4) is 0 Å². The van der Waals surface area contributed by atoms with Gasteiger partial charge in [-0.25, -0.2) is 0 Å². The van der Waals surface area contributed by atoms with Gasteiger partial charge in [0.05, 0.1) is 6.10 Å². The van der Waals surface area contributed by atoms with Gasteiger partial charge in [-0.05, 0) is 36.6 Å². The molecular weight excluding hydrogens is 240 g/mol. The van der Waals surface area contributed by atoms with E-state index in [2.05, 4.69) is 19.6 Å². The van der Waals surface area contributed by atoms with E-state index in [-0.39, 0.29) is 0 Å². The minimum atomic E-state index is -0.973. The van der Waals surface area contributed by atoms with Crippen LogP contribution in [0.4, 0.5) is 0 Å². The molecule has 0 bridgehead atoms. The van der Waals surface area contributed by atoms with E-state index in [9.17, 15) is 0 Å². The van der Waals surface area contributed by atoms with Crippen LogP contribution in [0.1, 0.15) is 38.5 Å². The zero-order valence-corrected chi connectivity index (χ0v) is 13.6. The van der Waals surface area contributed by atoms with E-state index in [0.29, 0.717) is 12.9 Å². The van der Waals surface area contributed by atoms with Crippen LogP contribution in [-0.4, -0.2) is 28.1 Å². The first kappa shape index (κ1) is 14.5. The molecule has 0 aromatic rings. The van der Waals surface area contributed by atoms with E-state index >= 15 is 0 Å². The van der Waals surface area contributed by atoms with Gasteiger partial charge in [0.2, 0.25) is 0 Å². The lowest BCUT2D eigenvalue weighted by Gasteiger charge is -2.31. The maximum Gasteiger partial charge on any atom is 0.146 e. The van der Waals surface area contributed by atoms with Crippen LogP contribution in [0.25, 0.3) is 0 Å².